The van der Waals surface area contributed by atoms with Crippen LogP contribution in [0.25, 0.3) is 0 Å². The van der Waals surface area contributed by atoms with Gasteiger partial charge in [0.05, 0.1) is 0 Å². The number of ketones is 1. The zero-order valence-corrected chi connectivity index (χ0v) is 12.8. The molecule has 1 aliphatic carbocycles. The Morgan fingerprint density at radius 3 is 2.42 bits per heavy atom. The number of ether oxygens (including phenoxy) is 1. The molecule has 0 amide bonds. The second-order valence-electron chi connectivity index (χ2n) is 6.51. The molecular formula is C16H26O3. The molecule has 108 valence electrons. The van der Waals surface area contributed by atoms with Gasteiger partial charge in [-0.25, -0.2) is 0 Å². The Kier molecular flexibility index (Phi) is 4.59. The number of carbonyl (C=O) groups is 2. The maximum Gasteiger partial charge on any atom is 0.324 e. The topological polar surface area (TPSA) is 43.4 Å². The van der Waals surface area contributed by atoms with Gasteiger partial charge in [0.25, 0.3) is 0 Å². The van der Waals surface area contributed by atoms with Gasteiger partial charge in [0.1, 0.15) is 11.0 Å². The Balaban J connectivity index is 3.04. The van der Waals surface area contributed by atoms with Crippen LogP contribution in [0.4, 0.5) is 0 Å². The molecule has 2 atom stereocenters. The molecule has 0 aromatic rings. The summed E-state index contributed by atoms with van der Waals surface area (Å²) in [6, 6.07) is 0. The van der Waals surface area contributed by atoms with Crippen LogP contribution < -0.4 is 0 Å². The van der Waals surface area contributed by atoms with Gasteiger partial charge in [0.15, 0.2) is 5.78 Å². The van der Waals surface area contributed by atoms with E-state index in [9.17, 15) is 9.59 Å². The van der Waals surface area contributed by atoms with Crippen LogP contribution in [0.15, 0.2) is 12.2 Å². The molecule has 3 nitrogen and oxygen atoms in total. The Hall–Kier alpha value is -1.12. The molecule has 1 saturated carbocycles. The fourth-order valence-corrected chi connectivity index (χ4v) is 2.89. The molecule has 1 fully saturated rings. The molecule has 1 aliphatic rings. The lowest BCUT2D eigenvalue weighted by Gasteiger charge is -2.31. The Morgan fingerprint density at radius 2 is 2.00 bits per heavy atom. The first-order valence-corrected chi connectivity index (χ1v) is 7.09. The third-order valence-corrected chi connectivity index (χ3v) is 3.89. The summed E-state index contributed by atoms with van der Waals surface area (Å²) in [5.74, 6) is -0.289. The summed E-state index contributed by atoms with van der Waals surface area (Å²) in [4.78, 5) is 24.6. The molecule has 0 heterocycles. The minimum atomic E-state index is -1.10. The lowest BCUT2D eigenvalue weighted by molar-refractivity contribution is -0.167. The highest BCUT2D eigenvalue weighted by Gasteiger charge is 2.53. The summed E-state index contributed by atoms with van der Waals surface area (Å²) < 4.78 is 5.46. The lowest BCUT2D eigenvalue weighted by Crippen LogP contribution is -2.42. The third-order valence-electron chi connectivity index (χ3n) is 3.89. The van der Waals surface area contributed by atoms with Crippen molar-refractivity contribution in [3.8, 4) is 0 Å². The molecule has 3 heteroatoms. The van der Waals surface area contributed by atoms with E-state index in [4.69, 9.17) is 4.74 Å². The Bertz CT molecular complexity index is 389. The first-order valence-electron chi connectivity index (χ1n) is 7.09. The zero-order valence-electron chi connectivity index (χ0n) is 12.8. The quantitative estimate of drug-likeness (QED) is 0.443. The number of rotatable bonds is 4. The summed E-state index contributed by atoms with van der Waals surface area (Å²) in [5.41, 5.74) is -0.924. The van der Waals surface area contributed by atoms with E-state index in [1.165, 1.54) is 6.92 Å². The van der Waals surface area contributed by atoms with Gasteiger partial charge in [-0.2, -0.15) is 0 Å². The third kappa shape index (κ3) is 3.07. The highest BCUT2D eigenvalue weighted by atomic mass is 16.6. The molecule has 0 aliphatic heterocycles. The summed E-state index contributed by atoms with van der Waals surface area (Å²) in [6.45, 7) is 13.1. The molecule has 0 bridgehead atoms. The van der Waals surface area contributed by atoms with Crippen LogP contribution in [0.5, 0.6) is 0 Å². The molecule has 19 heavy (non-hydrogen) atoms. The number of hydrogen-bond donors (Lipinski definition) is 0. The molecule has 0 N–H and O–H groups in total. The van der Waals surface area contributed by atoms with Gasteiger partial charge in [-0.3, -0.25) is 9.59 Å². The first kappa shape index (κ1) is 15.9. The first-order chi connectivity index (χ1) is 8.65. The fourth-order valence-electron chi connectivity index (χ4n) is 2.89. The minimum absolute atomic E-state index is 0.134. The highest BCUT2D eigenvalue weighted by Crippen LogP contribution is 2.49. The summed E-state index contributed by atoms with van der Waals surface area (Å²) >= 11 is 0. The lowest BCUT2D eigenvalue weighted by atomic mass is 9.77. The van der Waals surface area contributed by atoms with Gasteiger partial charge < -0.3 is 4.74 Å². The second kappa shape index (κ2) is 5.48. The summed E-state index contributed by atoms with van der Waals surface area (Å²) in [7, 11) is 0. The van der Waals surface area contributed by atoms with Crippen molar-refractivity contribution in [3.05, 3.63) is 12.2 Å². The number of esters is 1. The van der Waals surface area contributed by atoms with Crippen molar-refractivity contribution in [3.63, 3.8) is 0 Å². The van der Waals surface area contributed by atoms with E-state index in [0.29, 0.717) is 6.42 Å². The van der Waals surface area contributed by atoms with E-state index < -0.39 is 17.0 Å². The number of hydrogen-bond acceptors (Lipinski definition) is 3. The van der Waals surface area contributed by atoms with E-state index in [-0.39, 0.29) is 11.7 Å². The summed E-state index contributed by atoms with van der Waals surface area (Å²) in [6.07, 6.45) is 3.41. The van der Waals surface area contributed by atoms with Crippen molar-refractivity contribution in [1.82, 2.24) is 0 Å². The average Bonchev–Trinajstić information content (AvgIpc) is 2.56. The Morgan fingerprint density at radius 1 is 1.42 bits per heavy atom. The van der Waals surface area contributed by atoms with Gasteiger partial charge in [0.2, 0.25) is 0 Å². The van der Waals surface area contributed by atoms with Gasteiger partial charge in [-0.15, -0.1) is 0 Å². The molecule has 0 saturated heterocycles. The zero-order chi connectivity index (χ0) is 14.8. The molecule has 0 aromatic heterocycles. The Labute approximate surface area is 116 Å². The van der Waals surface area contributed by atoms with Crippen LogP contribution in [-0.2, 0) is 14.3 Å². The fraction of sp³-hybridized carbons (Fsp3) is 0.750. The average molecular weight is 266 g/mol. The van der Waals surface area contributed by atoms with Gasteiger partial charge in [0, 0.05) is 0 Å². The van der Waals surface area contributed by atoms with Crippen molar-refractivity contribution >= 4 is 11.8 Å². The molecular weight excluding hydrogens is 240 g/mol. The van der Waals surface area contributed by atoms with Crippen molar-refractivity contribution < 1.29 is 14.3 Å². The van der Waals surface area contributed by atoms with Crippen molar-refractivity contribution in [2.75, 3.05) is 0 Å². The standard InChI is InChI=1S/C16H26O3/c1-7-8-13-9-10-16(11(13)2,12(3)17)14(18)19-15(4,5)6/h13H,2,7-10H2,1,3-6H3/t13-,16-/m1/s1. The van der Waals surface area contributed by atoms with Crippen LogP contribution in [0.2, 0.25) is 0 Å². The van der Waals surface area contributed by atoms with E-state index in [1.54, 1.807) is 0 Å². The van der Waals surface area contributed by atoms with E-state index in [1.807, 2.05) is 20.8 Å². The number of carbonyl (C=O) groups excluding carboxylic acids is 2. The molecule has 1 rings (SSSR count). The molecule has 0 unspecified atom stereocenters. The van der Waals surface area contributed by atoms with Crippen molar-refractivity contribution in [2.45, 2.75) is 65.9 Å². The van der Waals surface area contributed by atoms with Crippen LogP contribution in [0.1, 0.15) is 60.3 Å². The SMILES string of the molecule is C=C1[C@H](CCC)CC[C@@]1(C(C)=O)C(=O)OC(C)(C)C. The predicted molar refractivity (Wildman–Crippen MR) is 75.7 cm³/mol. The van der Waals surface area contributed by atoms with E-state index >= 15 is 0 Å². The van der Waals surface area contributed by atoms with E-state index in [0.717, 1.165) is 24.8 Å². The van der Waals surface area contributed by atoms with Crippen LogP contribution in [-0.4, -0.2) is 17.4 Å². The van der Waals surface area contributed by atoms with E-state index in [2.05, 4.69) is 13.5 Å². The summed E-state index contributed by atoms with van der Waals surface area (Å²) in [5, 5.41) is 0. The largest absolute Gasteiger partial charge is 0.459 e. The predicted octanol–water partition coefficient (Wildman–Crippen LogP) is 3.67. The maximum atomic E-state index is 12.5. The smallest absolute Gasteiger partial charge is 0.324 e. The van der Waals surface area contributed by atoms with Crippen molar-refractivity contribution in [1.29, 1.82) is 0 Å². The number of Topliss-reactive ketones (excluding diaryl/α,β-unsaturated/α-hetero) is 1. The monoisotopic (exact) mass is 266 g/mol. The van der Waals surface area contributed by atoms with Crippen molar-refractivity contribution in [2.24, 2.45) is 11.3 Å². The molecule has 0 radical (unpaired) electrons. The highest BCUT2D eigenvalue weighted by molar-refractivity contribution is 6.06. The van der Waals surface area contributed by atoms with Crippen LogP contribution in [0.3, 0.4) is 0 Å². The maximum absolute atomic E-state index is 12.5. The molecule has 0 aromatic carbocycles. The van der Waals surface area contributed by atoms with Gasteiger partial charge in [-0.05, 0) is 58.4 Å². The van der Waals surface area contributed by atoms with Crippen LogP contribution >= 0.6 is 0 Å². The minimum Gasteiger partial charge on any atom is -0.459 e. The van der Waals surface area contributed by atoms with Gasteiger partial charge >= 0.3 is 5.97 Å². The van der Waals surface area contributed by atoms with Crippen LogP contribution in [0, 0.1) is 11.3 Å². The normalized spacial score (nSPS) is 27.4. The van der Waals surface area contributed by atoms with Gasteiger partial charge in [-0.1, -0.05) is 19.9 Å². The molecule has 0 spiro atoms. The second-order valence-corrected chi connectivity index (χ2v) is 6.51.